The number of fused-ring (bicyclic) bond motifs is 1. The van der Waals surface area contributed by atoms with Gasteiger partial charge in [-0.15, -0.1) is 0 Å². The first kappa shape index (κ1) is 12.2. The number of H-pyrrole nitrogens is 1. The molecule has 19 heavy (non-hydrogen) atoms. The highest BCUT2D eigenvalue weighted by atomic mass is 15.3. The van der Waals surface area contributed by atoms with Crippen LogP contribution in [-0.4, -0.2) is 39.8 Å². The maximum atomic E-state index is 4.66. The van der Waals surface area contributed by atoms with Crippen LogP contribution in [0.25, 0.3) is 11.0 Å². The fourth-order valence-corrected chi connectivity index (χ4v) is 2.35. The summed E-state index contributed by atoms with van der Waals surface area (Å²) in [7, 11) is 2.11. The summed E-state index contributed by atoms with van der Waals surface area (Å²) < 4.78 is 0. The third-order valence-electron chi connectivity index (χ3n) is 3.78. The predicted molar refractivity (Wildman–Crippen MR) is 76.5 cm³/mol. The van der Waals surface area contributed by atoms with E-state index >= 15 is 0 Å². The van der Waals surface area contributed by atoms with E-state index in [0.717, 1.165) is 29.8 Å². The second-order valence-corrected chi connectivity index (χ2v) is 5.13. The van der Waals surface area contributed by atoms with Crippen LogP contribution < -0.4 is 10.2 Å². The lowest BCUT2D eigenvalue weighted by atomic mass is 9.92. The summed E-state index contributed by atoms with van der Waals surface area (Å²) in [4.78, 5) is 11.4. The molecule has 2 N–H and O–H groups in total. The van der Waals surface area contributed by atoms with Gasteiger partial charge in [-0.1, -0.05) is 6.92 Å². The monoisotopic (exact) mass is 260 g/mol. The summed E-state index contributed by atoms with van der Waals surface area (Å²) in [6, 6.07) is 0.604. The Labute approximate surface area is 112 Å². The van der Waals surface area contributed by atoms with Crippen molar-refractivity contribution in [2.24, 2.45) is 0 Å². The summed E-state index contributed by atoms with van der Waals surface area (Å²) in [5.74, 6) is 1.65. The molecule has 1 aliphatic rings. The number of aromatic amines is 1. The Morgan fingerprint density at radius 1 is 1.42 bits per heavy atom. The van der Waals surface area contributed by atoms with E-state index in [0.29, 0.717) is 12.0 Å². The third kappa shape index (κ3) is 2.22. The minimum absolute atomic E-state index is 0.604. The quantitative estimate of drug-likeness (QED) is 0.862. The van der Waals surface area contributed by atoms with E-state index < -0.39 is 0 Å². The van der Waals surface area contributed by atoms with Crippen molar-refractivity contribution in [1.29, 1.82) is 0 Å². The van der Waals surface area contributed by atoms with Crippen LogP contribution in [0.1, 0.15) is 32.6 Å². The Morgan fingerprint density at radius 3 is 2.95 bits per heavy atom. The van der Waals surface area contributed by atoms with Crippen molar-refractivity contribution in [3.05, 3.63) is 6.20 Å². The van der Waals surface area contributed by atoms with Gasteiger partial charge in [0.25, 0.3) is 0 Å². The highest BCUT2D eigenvalue weighted by molar-refractivity contribution is 5.87. The van der Waals surface area contributed by atoms with E-state index in [9.17, 15) is 0 Å². The molecular weight excluding hydrogens is 240 g/mol. The number of hydrogen-bond donors (Lipinski definition) is 2. The largest absolute Gasteiger partial charge is 0.356 e. The molecule has 0 aliphatic heterocycles. The molecule has 102 valence electrons. The molecular formula is C13H20N6. The molecule has 3 rings (SSSR count). The smallest absolute Gasteiger partial charge is 0.226 e. The Morgan fingerprint density at radius 2 is 2.26 bits per heavy atom. The molecule has 1 saturated carbocycles. The number of nitrogens with one attached hydrogen (secondary N) is 2. The lowest BCUT2D eigenvalue weighted by Crippen LogP contribution is -2.37. The van der Waals surface area contributed by atoms with Crippen LogP contribution in [0.3, 0.4) is 0 Å². The van der Waals surface area contributed by atoms with Gasteiger partial charge >= 0.3 is 0 Å². The molecule has 2 aromatic heterocycles. The molecule has 6 heteroatoms. The molecule has 0 saturated heterocycles. The van der Waals surface area contributed by atoms with Gasteiger partial charge in [-0.2, -0.15) is 15.1 Å². The van der Waals surface area contributed by atoms with E-state index in [-0.39, 0.29) is 0 Å². The van der Waals surface area contributed by atoms with Crippen LogP contribution in [-0.2, 0) is 0 Å². The summed E-state index contributed by atoms with van der Waals surface area (Å²) in [5.41, 5.74) is 0.801. The fraction of sp³-hybridized carbons (Fsp3) is 0.615. The zero-order chi connectivity index (χ0) is 13.2. The SMILES string of the molecule is CCCNc1nc(N(C)C2CCC2)c2cn[nH]c2n1. The highest BCUT2D eigenvalue weighted by Crippen LogP contribution is 2.31. The van der Waals surface area contributed by atoms with Crippen molar-refractivity contribution in [3.63, 3.8) is 0 Å². The van der Waals surface area contributed by atoms with Crippen LogP contribution in [0, 0.1) is 0 Å². The summed E-state index contributed by atoms with van der Waals surface area (Å²) in [6.45, 7) is 3.01. The van der Waals surface area contributed by atoms with Crippen molar-refractivity contribution in [2.45, 2.75) is 38.6 Å². The van der Waals surface area contributed by atoms with Crippen LogP contribution in [0.2, 0.25) is 0 Å². The average Bonchev–Trinajstić information content (AvgIpc) is 2.81. The topological polar surface area (TPSA) is 69.7 Å². The van der Waals surface area contributed by atoms with Gasteiger partial charge in [0.15, 0.2) is 5.65 Å². The van der Waals surface area contributed by atoms with Crippen molar-refractivity contribution >= 4 is 22.8 Å². The van der Waals surface area contributed by atoms with Crippen LogP contribution in [0.4, 0.5) is 11.8 Å². The van der Waals surface area contributed by atoms with Crippen LogP contribution >= 0.6 is 0 Å². The molecule has 0 bridgehead atoms. The molecule has 0 spiro atoms. The molecule has 2 aromatic rings. The molecule has 1 aliphatic carbocycles. The van der Waals surface area contributed by atoms with Crippen molar-refractivity contribution in [2.75, 3.05) is 23.8 Å². The van der Waals surface area contributed by atoms with Gasteiger partial charge in [0.2, 0.25) is 5.95 Å². The highest BCUT2D eigenvalue weighted by Gasteiger charge is 2.25. The summed E-state index contributed by atoms with van der Waals surface area (Å²) in [5, 5.41) is 11.3. The van der Waals surface area contributed by atoms with Crippen molar-refractivity contribution in [3.8, 4) is 0 Å². The average molecular weight is 260 g/mol. The number of rotatable bonds is 5. The molecule has 0 radical (unpaired) electrons. The first-order valence-corrected chi connectivity index (χ1v) is 6.97. The van der Waals surface area contributed by atoms with E-state index in [2.05, 4.69) is 44.4 Å². The fourth-order valence-electron chi connectivity index (χ4n) is 2.35. The maximum Gasteiger partial charge on any atom is 0.226 e. The Balaban J connectivity index is 1.97. The van der Waals surface area contributed by atoms with E-state index in [1.54, 1.807) is 0 Å². The van der Waals surface area contributed by atoms with Gasteiger partial charge < -0.3 is 10.2 Å². The first-order valence-electron chi connectivity index (χ1n) is 6.97. The van der Waals surface area contributed by atoms with Crippen molar-refractivity contribution < 1.29 is 0 Å². The number of aromatic nitrogens is 4. The van der Waals surface area contributed by atoms with Gasteiger partial charge in [-0.3, -0.25) is 5.10 Å². The Bertz CT molecular complexity index is 559. The number of nitrogens with zero attached hydrogens (tertiary/aromatic N) is 4. The summed E-state index contributed by atoms with van der Waals surface area (Å²) >= 11 is 0. The third-order valence-corrected chi connectivity index (χ3v) is 3.78. The molecule has 6 nitrogen and oxygen atoms in total. The predicted octanol–water partition coefficient (Wildman–Crippen LogP) is 2.16. The maximum absolute atomic E-state index is 4.66. The standard InChI is InChI=1S/C13H20N6/c1-3-7-14-13-16-11-10(8-15-18-11)12(17-13)19(2)9-5-4-6-9/h8-9H,3-7H2,1-2H3,(H2,14,15,16,17,18). The first-order chi connectivity index (χ1) is 9.29. The van der Waals surface area contributed by atoms with E-state index in [1.165, 1.54) is 19.3 Å². The summed E-state index contributed by atoms with van der Waals surface area (Å²) in [6.07, 6.45) is 6.67. The van der Waals surface area contributed by atoms with Crippen LogP contribution in [0.15, 0.2) is 6.20 Å². The minimum atomic E-state index is 0.604. The lowest BCUT2D eigenvalue weighted by molar-refractivity contribution is 0.400. The molecule has 0 unspecified atom stereocenters. The molecule has 1 fully saturated rings. The minimum Gasteiger partial charge on any atom is -0.356 e. The zero-order valence-electron chi connectivity index (χ0n) is 11.5. The molecule has 0 aromatic carbocycles. The second kappa shape index (κ2) is 5.03. The van der Waals surface area contributed by atoms with Crippen LogP contribution in [0.5, 0.6) is 0 Å². The van der Waals surface area contributed by atoms with E-state index in [1.807, 2.05) is 6.20 Å². The number of hydrogen-bond acceptors (Lipinski definition) is 5. The lowest BCUT2D eigenvalue weighted by Gasteiger charge is -2.35. The van der Waals surface area contributed by atoms with Gasteiger partial charge in [0.1, 0.15) is 5.82 Å². The Kier molecular flexibility index (Phi) is 3.23. The molecule has 0 atom stereocenters. The molecule has 0 amide bonds. The zero-order valence-corrected chi connectivity index (χ0v) is 11.5. The van der Waals surface area contributed by atoms with Gasteiger partial charge in [-0.05, 0) is 25.7 Å². The van der Waals surface area contributed by atoms with Gasteiger partial charge in [0.05, 0.1) is 11.6 Å². The van der Waals surface area contributed by atoms with Gasteiger partial charge in [-0.25, -0.2) is 0 Å². The van der Waals surface area contributed by atoms with E-state index in [4.69, 9.17) is 0 Å². The Hall–Kier alpha value is -1.85. The van der Waals surface area contributed by atoms with Crippen molar-refractivity contribution in [1.82, 2.24) is 20.2 Å². The number of anilines is 2. The molecule has 2 heterocycles. The normalized spacial score (nSPS) is 15.5. The second-order valence-electron chi connectivity index (χ2n) is 5.13. The van der Waals surface area contributed by atoms with Gasteiger partial charge in [0, 0.05) is 19.6 Å².